The van der Waals surface area contributed by atoms with Crippen molar-refractivity contribution < 1.29 is 8.42 Å². The van der Waals surface area contributed by atoms with Gasteiger partial charge in [-0.3, -0.25) is 4.68 Å². The lowest BCUT2D eigenvalue weighted by atomic mass is 9.99. The third kappa shape index (κ3) is 3.42. The van der Waals surface area contributed by atoms with Gasteiger partial charge in [-0.1, -0.05) is 30.3 Å². The van der Waals surface area contributed by atoms with Gasteiger partial charge in [-0.15, -0.1) is 0 Å². The third-order valence-corrected chi connectivity index (χ3v) is 4.07. The predicted molar refractivity (Wildman–Crippen MR) is 73.6 cm³/mol. The van der Waals surface area contributed by atoms with E-state index < -0.39 is 9.84 Å². The molecule has 1 unspecified atom stereocenters. The molecular formula is C13H17N3O2S. The summed E-state index contributed by atoms with van der Waals surface area (Å²) in [5.41, 5.74) is 6.91. The molecule has 0 spiro atoms. The SMILES string of the molecule is CS(=O)(=O)c1cnn(CC(CN)c2ccccc2)c1. The summed E-state index contributed by atoms with van der Waals surface area (Å²) in [5.74, 6) is 0.119. The molecule has 1 aromatic heterocycles. The zero-order valence-electron chi connectivity index (χ0n) is 10.7. The van der Waals surface area contributed by atoms with Crippen molar-refractivity contribution in [3.05, 3.63) is 48.3 Å². The number of nitrogens with two attached hydrogens (primary N) is 1. The van der Waals surface area contributed by atoms with Gasteiger partial charge in [0.1, 0.15) is 4.90 Å². The number of aromatic nitrogens is 2. The Kier molecular flexibility index (Phi) is 4.01. The van der Waals surface area contributed by atoms with Crippen LogP contribution in [0.25, 0.3) is 0 Å². The van der Waals surface area contributed by atoms with Crippen molar-refractivity contribution in [2.45, 2.75) is 17.4 Å². The van der Waals surface area contributed by atoms with E-state index in [1.54, 1.807) is 10.9 Å². The zero-order valence-corrected chi connectivity index (χ0v) is 11.5. The molecule has 0 fully saturated rings. The minimum absolute atomic E-state index is 0.119. The molecule has 1 heterocycles. The first-order chi connectivity index (χ1) is 9.00. The molecule has 2 N–H and O–H groups in total. The number of hydrogen-bond acceptors (Lipinski definition) is 4. The van der Waals surface area contributed by atoms with Crippen LogP contribution in [0.3, 0.4) is 0 Å². The summed E-state index contributed by atoms with van der Waals surface area (Å²) in [6.45, 7) is 1.05. The first-order valence-corrected chi connectivity index (χ1v) is 7.87. The average molecular weight is 279 g/mol. The van der Waals surface area contributed by atoms with Crippen molar-refractivity contribution in [2.24, 2.45) is 5.73 Å². The molecule has 5 nitrogen and oxygen atoms in total. The Bertz CT molecular complexity index is 635. The zero-order chi connectivity index (χ0) is 13.9. The Labute approximate surface area is 113 Å². The lowest BCUT2D eigenvalue weighted by Gasteiger charge is -2.15. The van der Waals surface area contributed by atoms with E-state index in [4.69, 9.17) is 5.73 Å². The number of benzene rings is 1. The largest absolute Gasteiger partial charge is 0.330 e. The van der Waals surface area contributed by atoms with Gasteiger partial charge < -0.3 is 5.73 Å². The minimum atomic E-state index is -3.20. The van der Waals surface area contributed by atoms with Gasteiger partial charge >= 0.3 is 0 Å². The molecule has 0 saturated heterocycles. The maximum absolute atomic E-state index is 11.4. The summed E-state index contributed by atoms with van der Waals surface area (Å²) in [6.07, 6.45) is 4.08. The average Bonchev–Trinajstić information content (AvgIpc) is 2.85. The normalized spacial score (nSPS) is 13.4. The minimum Gasteiger partial charge on any atom is -0.330 e. The quantitative estimate of drug-likeness (QED) is 0.886. The monoisotopic (exact) mass is 279 g/mol. The van der Waals surface area contributed by atoms with Gasteiger partial charge in [0, 0.05) is 31.5 Å². The second-order valence-corrected chi connectivity index (χ2v) is 6.53. The first kappa shape index (κ1) is 13.8. The molecular weight excluding hydrogens is 262 g/mol. The third-order valence-electron chi connectivity index (χ3n) is 3.00. The highest BCUT2D eigenvalue weighted by Crippen LogP contribution is 2.17. The molecule has 6 heteroatoms. The lowest BCUT2D eigenvalue weighted by molar-refractivity contribution is 0.520. The number of rotatable bonds is 5. The Morgan fingerprint density at radius 2 is 2.00 bits per heavy atom. The van der Waals surface area contributed by atoms with Crippen LogP contribution in [-0.2, 0) is 16.4 Å². The van der Waals surface area contributed by atoms with E-state index in [1.807, 2.05) is 30.3 Å². The molecule has 0 aliphatic rings. The summed E-state index contributed by atoms with van der Waals surface area (Å²) in [4.78, 5) is 0.233. The van der Waals surface area contributed by atoms with E-state index in [2.05, 4.69) is 5.10 Å². The molecule has 0 radical (unpaired) electrons. The van der Waals surface area contributed by atoms with E-state index in [-0.39, 0.29) is 10.8 Å². The maximum atomic E-state index is 11.4. The van der Waals surface area contributed by atoms with E-state index in [0.29, 0.717) is 13.1 Å². The molecule has 0 amide bonds. The summed E-state index contributed by atoms with van der Waals surface area (Å²) in [5, 5.41) is 4.08. The fourth-order valence-electron chi connectivity index (χ4n) is 1.90. The highest BCUT2D eigenvalue weighted by molar-refractivity contribution is 7.90. The van der Waals surface area contributed by atoms with E-state index in [0.717, 1.165) is 5.56 Å². The van der Waals surface area contributed by atoms with Crippen LogP contribution in [0.5, 0.6) is 0 Å². The van der Waals surface area contributed by atoms with Crippen molar-refractivity contribution in [1.29, 1.82) is 0 Å². The molecule has 0 saturated carbocycles. The first-order valence-electron chi connectivity index (χ1n) is 5.98. The molecule has 1 aromatic carbocycles. The van der Waals surface area contributed by atoms with E-state index in [9.17, 15) is 8.42 Å². The molecule has 0 bridgehead atoms. The molecule has 19 heavy (non-hydrogen) atoms. The molecule has 0 aliphatic carbocycles. The van der Waals surface area contributed by atoms with Crippen molar-refractivity contribution in [3.8, 4) is 0 Å². The maximum Gasteiger partial charge on any atom is 0.178 e. The Morgan fingerprint density at radius 3 is 2.53 bits per heavy atom. The Hall–Kier alpha value is -1.66. The van der Waals surface area contributed by atoms with Crippen LogP contribution in [0.2, 0.25) is 0 Å². The molecule has 2 rings (SSSR count). The van der Waals surface area contributed by atoms with Crippen molar-refractivity contribution in [1.82, 2.24) is 9.78 Å². The van der Waals surface area contributed by atoms with Crippen LogP contribution < -0.4 is 5.73 Å². The van der Waals surface area contributed by atoms with Gasteiger partial charge in [0.25, 0.3) is 0 Å². The lowest BCUT2D eigenvalue weighted by Crippen LogP contribution is -2.18. The number of nitrogens with zero attached hydrogens (tertiary/aromatic N) is 2. The Morgan fingerprint density at radius 1 is 1.32 bits per heavy atom. The van der Waals surface area contributed by atoms with Crippen LogP contribution in [0.15, 0.2) is 47.6 Å². The van der Waals surface area contributed by atoms with Gasteiger partial charge in [0.15, 0.2) is 9.84 Å². The number of hydrogen-bond donors (Lipinski definition) is 1. The van der Waals surface area contributed by atoms with Crippen molar-refractivity contribution in [3.63, 3.8) is 0 Å². The topological polar surface area (TPSA) is 78.0 Å². The summed E-state index contributed by atoms with van der Waals surface area (Å²) in [7, 11) is -3.20. The second kappa shape index (κ2) is 5.54. The molecule has 102 valence electrons. The van der Waals surface area contributed by atoms with Crippen LogP contribution in [-0.4, -0.2) is 31.0 Å². The molecule has 0 aliphatic heterocycles. The highest BCUT2D eigenvalue weighted by Gasteiger charge is 2.14. The van der Waals surface area contributed by atoms with Crippen LogP contribution >= 0.6 is 0 Å². The fourth-order valence-corrected chi connectivity index (χ4v) is 2.45. The van der Waals surface area contributed by atoms with Crippen molar-refractivity contribution >= 4 is 9.84 Å². The Balaban J connectivity index is 2.18. The van der Waals surface area contributed by atoms with Crippen LogP contribution in [0.1, 0.15) is 11.5 Å². The van der Waals surface area contributed by atoms with E-state index in [1.165, 1.54) is 12.5 Å². The van der Waals surface area contributed by atoms with Gasteiger partial charge in [0.05, 0.1) is 6.20 Å². The fraction of sp³-hybridized carbons (Fsp3) is 0.308. The molecule has 2 aromatic rings. The summed E-state index contributed by atoms with van der Waals surface area (Å²) >= 11 is 0. The van der Waals surface area contributed by atoms with Gasteiger partial charge in [-0.2, -0.15) is 5.10 Å². The van der Waals surface area contributed by atoms with E-state index >= 15 is 0 Å². The summed E-state index contributed by atoms with van der Waals surface area (Å²) < 4.78 is 24.4. The standard InChI is InChI=1S/C13H17N3O2S/c1-19(17,18)13-8-15-16(10-13)9-12(7-14)11-5-3-2-4-6-11/h2-6,8,10,12H,7,9,14H2,1H3. The number of sulfone groups is 1. The highest BCUT2D eigenvalue weighted by atomic mass is 32.2. The predicted octanol–water partition coefficient (Wildman–Crippen LogP) is 1.03. The van der Waals surface area contributed by atoms with Crippen LogP contribution in [0, 0.1) is 0 Å². The van der Waals surface area contributed by atoms with Gasteiger partial charge in [-0.05, 0) is 5.56 Å². The van der Waals surface area contributed by atoms with Gasteiger partial charge in [-0.25, -0.2) is 8.42 Å². The summed E-state index contributed by atoms with van der Waals surface area (Å²) in [6, 6.07) is 9.90. The van der Waals surface area contributed by atoms with Crippen molar-refractivity contribution in [2.75, 3.05) is 12.8 Å². The van der Waals surface area contributed by atoms with Gasteiger partial charge in [0.2, 0.25) is 0 Å². The second-order valence-electron chi connectivity index (χ2n) is 4.51. The van der Waals surface area contributed by atoms with Crippen LogP contribution in [0.4, 0.5) is 0 Å². The molecule has 1 atom stereocenters. The smallest absolute Gasteiger partial charge is 0.178 e.